The minimum absolute atomic E-state index is 0.110. The molecule has 2 aromatic rings. The van der Waals surface area contributed by atoms with E-state index in [4.69, 9.17) is 0 Å². The van der Waals surface area contributed by atoms with E-state index >= 15 is 0 Å². The second kappa shape index (κ2) is 6.16. The van der Waals surface area contributed by atoms with E-state index in [2.05, 4.69) is 10.3 Å². The SMILES string of the molecule is Cc1nc2n(c(=O)c1C)C(CC(=O)Nc1ccccc1F)CS2. The van der Waals surface area contributed by atoms with Crippen molar-refractivity contribution in [3.05, 3.63) is 51.7 Å². The minimum atomic E-state index is -0.479. The molecular formula is C16H16FN3O2S. The number of para-hydroxylation sites is 1. The Bertz CT molecular complexity index is 835. The number of aromatic nitrogens is 2. The molecule has 1 aliphatic rings. The normalized spacial score (nSPS) is 16.2. The van der Waals surface area contributed by atoms with Crippen molar-refractivity contribution in [3.8, 4) is 0 Å². The molecule has 1 N–H and O–H groups in total. The molecule has 1 amide bonds. The highest BCUT2D eigenvalue weighted by atomic mass is 32.2. The van der Waals surface area contributed by atoms with Crippen LogP contribution in [0.4, 0.5) is 10.1 Å². The van der Waals surface area contributed by atoms with Gasteiger partial charge in [0.05, 0.1) is 11.7 Å². The molecule has 0 fully saturated rings. The maximum atomic E-state index is 13.6. The molecule has 2 heterocycles. The van der Waals surface area contributed by atoms with Crippen LogP contribution in [0.1, 0.15) is 23.7 Å². The third-order valence-electron chi connectivity index (χ3n) is 3.89. The van der Waals surface area contributed by atoms with Crippen molar-refractivity contribution in [2.24, 2.45) is 0 Å². The van der Waals surface area contributed by atoms with Crippen LogP contribution in [0.2, 0.25) is 0 Å². The van der Waals surface area contributed by atoms with E-state index in [-0.39, 0.29) is 29.6 Å². The quantitative estimate of drug-likeness (QED) is 0.877. The number of hydrogen-bond donors (Lipinski definition) is 1. The van der Waals surface area contributed by atoms with Crippen LogP contribution in [-0.4, -0.2) is 21.2 Å². The first kappa shape index (κ1) is 15.7. The van der Waals surface area contributed by atoms with Crippen LogP contribution in [0.5, 0.6) is 0 Å². The van der Waals surface area contributed by atoms with E-state index in [1.165, 1.54) is 23.9 Å². The van der Waals surface area contributed by atoms with Gasteiger partial charge in [0.25, 0.3) is 5.56 Å². The summed E-state index contributed by atoms with van der Waals surface area (Å²) in [6.45, 7) is 3.54. The van der Waals surface area contributed by atoms with E-state index in [0.29, 0.717) is 22.2 Å². The summed E-state index contributed by atoms with van der Waals surface area (Å²) in [4.78, 5) is 29.0. The maximum Gasteiger partial charge on any atom is 0.257 e. The number of carbonyl (C=O) groups is 1. The third-order valence-corrected chi connectivity index (χ3v) is 4.99. The first-order valence-electron chi connectivity index (χ1n) is 7.24. The zero-order valence-corrected chi connectivity index (χ0v) is 13.6. The lowest BCUT2D eigenvalue weighted by atomic mass is 10.2. The van der Waals surface area contributed by atoms with Gasteiger partial charge in [-0.1, -0.05) is 23.9 Å². The first-order valence-corrected chi connectivity index (χ1v) is 8.23. The summed E-state index contributed by atoms with van der Waals surface area (Å²) in [6.07, 6.45) is 0.110. The van der Waals surface area contributed by atoms with Crippen molar-refractivity contribution in [1.82, 2.24) is 9.55 Å². The minimum Gasteiger partial charge on any atom is -0.324 e. The van der Waals surface area contributed by atoms with Gasteiger partial charge in [0.1, 0.15) is 5.82 Å². The highest BCUT2D eigenvalue weighted by Crippen LogP contribution is 2.32. The summed E-state index contributed by atoms with van der Waals surface area (Å²) in [7, 11) is 0. The highest BCUT2D eigenvalue weighted by molar-refractivity contribution is 7.99. The molecule has 1 atom stereocenters. The number of carbonyl (C=O) groups excluding carboxylic acids is 1. The van der Waals surface area contributed by atoms with Crippen LogP contribution < -0.4 is 10.9 Å². The molecule has 0 spiro atoms. The largest absolute Gasteiger partial charge is 0.324 e. The van der Waals surface area contributed by atoms with Gasteiger partial charge in [-0.25, -0.2) is 9.37 Å². The molecule has 1 aromatic carbocycles. The van der Waals surface area contributed by atoms with Crippen molar-refractivity contribution in [3.63, 3.8) is 0 Å². The van der Waals surface area contributed by atoms with Crippen LogP contribution in [-0.2, 0) is 4.79 Å². The van der Waals surface area contributed by atoms with E-state index in [0.717, 1.165) is 0 Å². The van der Waals surface area contributed by atoms with Crippen LogP contribution in [0.3, 0.4) is 0 Å². The average molecular weight is 333 g/mol. The topological polar surface area (TPSA) is 64.0 Å². The molecule has 3 rings (SSSR count). The molecule has 0 saturated carbocycles. The highest BCUT2D eigenvalue weighted by Gasteiger charge is 2.28. The number of hydrogen-bond acceptors (Lipinski definition) is 4. The van der Waals surface area contributed by atoms with Crippen molar-refractivity contribution >= 4 is 23.4 Å². The van der Waals surface area contributed by atoms with Crippen LogP contribution in [0.25, 0.3) is 0 Å². The summed E-state index contributed by atoms with van der Waals surface area (Å²) in [5.74, 6) is -0.193. The van der Waals surface area contributed by atoms with Crippen LogP contribution >= 0.6 is 11.8 Å². The van der Waals surface area contributed by atoms with Crippen molar-refractivity contribution < 1.29 is 9.18 Å². The smallest absolute Gasteiger partial charge is 0.257 e. The predicted molar refractivity (Wildman–Crippen MR) is 87.4 cm³/mol. The van der Waals surface area contributed by atoms with Gasteiger partial charge in [0.2, 0.25) is 5.91 Å². The number of fused-ring (bicyclic) bond motifs is 1. The third kappa shape index (κ3) is 3.01. The number of thioether (sulfide) groups is 1. The molecule has 0 radical (unpaired) electrons. The summed E-state index contributed by atoms with van der Waals surface area (Å²) < 4.78 is 15.2. The summed E-state index contributed by atoms with van der Waals surface area (Å²) in [5.41, 5.74) is 1.34. The molecule has 23 heavy (non-hydrogen) atoms. The number of amides is 1. The second-order valence-corrected chi connectivity index (χ2v) is 6.46. The lowest BCUT2D eigenvalue weighted by molar-refractivity contribution is -0.116. The molecule has 7 heteroatoms. The number of aryl methyl sites for hydroxylation is 1. The maximum absolute atomic E-state index is 13.6. The Balaban J connectivity index is 1.79. The number of rotatable bonds is 3. The van der Waals surface area contributed by atoms with Gasteiger partial charge in [0.15, 0.2) is 5.16 Å². The fourth-order valence-electron chi connectivity index (χ4n) is 2.50. The molecule has 0 saturated heterocycles. The van der Waals surface area contributed by atoms with Gasteiger partial charge in [-0.2, -0.15) is 0 Å². The Hall–Kier alpha value is -2.15. The van der Waals surface area contributed by atoms with Gasteiger partial charge in [-0.05, 0) is 26.0 Å². The van der Waals surface area contributed by atoms with Crippen LogP contribution in [0.15, 0.2) is 34.2 Å². The van der Waals surface area contributed by atoms with Gasteiger partial charge in [0, 0.05) is 23.4 Å². The Morgan fingerprint density at radius 1 is 1.43 bits per heavy atom. The molecule has 1 aliphatic heterocycles. The number of anilines is 1. The van der Waals surface area contributed by atoms with E-state index < -0.39 is 5.82 Å². The standard InChI is InChI=1S/C16H16FN3O2S/c1-9-10(2)18-16-20(15(9)22)11(8-23-16)7-14(21)19-13-6-4-3-5-12(13)17/h3-6,11H,7-8H2,1-2H3,(H,19,21). The first-order chi connectivity index (χ1) is 11.0. The van der Waals surface area contributed by atoms with Gasteiger partial charge >= 0.3 is 0 Å². The second-order valence-electron chi connectivity index (χ2n) is 5.48. The monoisotopic (exact) mass is 333 g/mol. The Morgan fingerprint density at radius 2 is 2.17 bits per heavy atom. The molecule has 0 bridgehead atoms. The van der Waals surface area contributed by atoms with Gasteiger partial charge < -0.3 is 5.32 Å². The Morgan fingerprint density at radius 3 is 2.91 bits per heavy atom. The van der Waals surface area contributed by atoms with Crippen molar-refractivity contribution in [2.45, 2.75) is 31.5 Å². The zero-order chi connectivity index (χ0) is 16.6. The zero-order valence-electron chi connectivity index (χ0n) is 12.8. The van der Waals surface area contributed by atoms with Gasteiger partial charge in [-0.3, -0.25) is 14.2 Å². The average Bonchev–Trinajstić information content (AvgIpc) is 2.90. The van der Waals surface area contributed by atoms with Crippen LogP contribution in [0, 0.1) is 19.7 Å². The molecule has 5 nitrogen and oxygen atoms in total. The molecule has 1 aromatic heterocycles. The lowest BCUT2D eigenvalue weighted by Crippen LogP contribution is -2.29. The molecule has 120 valence electrons. The Labute approximate surface area is 136 Å². The Kier molecular flexibility index (Phi) is 4.21. The summed E-state index contributed by atoms with van der Waals surface area (Å²) in [6, 6.07) is 5.74. The lowest BCUT2D eigenvalue weighted by Gasteiger charge is -2.14. The van der Waals surface area contributed by atoms with Crippen molar-refractivity contribution in [1.29, 1.82) is 0 Å². The number of benzene rings is 1. The number of halogens is 1. The predicted octanol–water partition coefficient (Wildman–Crippen LogP) is 2.67. The number of nitrogens with zero attached hydrogens (tertiary/aromatic N) is 2. The number of nitrogens with one attached hydrogen (secondary N) is 1. The molecule has 1 unspecified atom stereocenters. The molecular weight excluding hydrogens is 317 g/mol. The molecule has 0 aliphatic carbocycles. The van der Waals surface area contributed by atoms with E-state index in [1.807, 2.05) is 0 Å². The fourth-order valence-corrected chi connectivity index (χ4v) is 3.68. The fraction of sp³-hybridized carbons (Fsp3) is 0.312. The van der Waals surface area contributed by atoms with Gasteiger partial charge in [-0.15, -0.1) is 0 Å². The summed E-state index contributed by atoms with van der Waals surface area (Å²) in [5, 5.41) is 3.19. The van der Waals surface area contributed by atoms with Crippen molar-refractivity contribution in [2.75, 3.05) is 11.1 Å². The van der Waals surface area contributed by atoms with E-state index in [9.17, 15) is 14.0 Å². The summed E-state index contributed by atoms with van der Waals surface area (Å²) >= 11 is 1.46. The van der Waals surface area contributed by atoms with E-state index in [1.54, 1.807) is 30.5 Å².